The lowest BCUT2D eigenvalue weighted by Crippen LogP contribution is -2.43. The molecule has 0 saturated carbocycles. The molecule has 2 aromatic carbocycles. The van der Waals surface area contributed by atoms with Gasteiger partial charge >= 0.3 is 11.7 Å². The van der Waals surface area contributed by atoms with Crippen LogP contribution in [0.2, 0.25) is 0 Å². The minimum Gasteiger partial charge on any atom is -0.461 e. The van der Waals surface area contributed by atoms with Gasteiger partial charge in [0.1, 0.15) is 12.1 Å². The number of hydrogen-bond acceptors (Lipinski definition) is 8. The van der Waals surface area contributed by atoms with Crippen LogP contribution in [-0.2, 0) is 17.8 Å². The summed E-state index contributed by atoms with van der Waals surface area (Å²) < 4.78 is 12.1. The number of rotatable bonds is 9. The maximum Gasteiger partial charge on any atom is 0.328 e. The van der Waals surface area contributed by atoms with Crippen LogP contribution < -0.4 is 16.2 Å². The van der Waals surface area contributed by atoms with Crippen molar-refractivity contribution in [2.45, 2.75) is 13.1 Å². The number of nitrogens with one attached hydrogen (secondary N) is 1. The number of aromatic amines is 1. The molecule has 1 aliphatic heterocycles. The normalized spacial score (nSPS) is 14.9. The van der Waals surface area contributed by atoms with Gasteiger partial charge < -0.3 is 25.1 Å². The molecule has 1 saturated heterocycles. The lowest BCUT2D eigenvalue weighted by molar-refractivity contribution is 0.141. The molecule has 1 fully saturated rings. The maximum absolute atomic E-state index is 12.7. The number of anilines is 1. The van der Waals surface area contributed by atoms with Crippen LogP contribution in [0.1, 0.15) is 11.1 Å². The van der Waals surface area contributed by atoms with Gasteiger partial charge in [0.05, 0.1) is 13.2 Å². The molecule has 10 heteroatoms. The Kier molecular flexibility index (Phi) is 7.50. The fourth-order valence-corrected chi connectivity index (χ4v) is 4.56. The first-order chi connectivity index (χ1) is 18.0. The summed E-state index contributed by atoms with van der Waals surface area (Å²) in [4.78, 5) is 28.9. The van der Waals surface area contributed by atoms with Crippen molar-refractivity contribution in [2.75, 3.05) is 59.3 Å². The third kappa shape index (κ3) is 5.82. The second kappa shape index (κ2) is 11.1. The van der Waals surface area contributed by atoms with E-state index in [0.717, 1.165) is 43.9 Å². The Morgan fingerprint density at radius 3 is 2.49 bits per heavy atom. The van der Waals surface area contributed by atoms with E-state index >= 15 is 0 Å². The van der Waals surface area contributed by atoms with E-state index in [1.54, 1.807) is 11.7 Å². The quantitative estimate of drug-likeness (QED) is 0.334. The second-order valence-electron chi connectivity index (χ2n) is 9.42. The number of ether oxygens (including phenoxy) is 2. The van der Waals surface area contributed by atoms with Gasteiger partial charge in [-0.3, -0.25) is 9.47 Å². The third-order valence-corrected chi connectivity index (χ3v) is 6.71. The number of H-pyrrole nitrogens is 1. The zero-order chi connectivity index (χ0) is 25.8. The summed E-state index contributed by atoms with van der Waals surface area (Å²) >= 11 is 0. The minimum absolute atomic E-state index is 0.113. The smallest absolute Gasteiger partial charge is 0.328 e. The van der Waals surface area contributed by atoms with Crippen LogP contribution in [0, 0.1) is 0 Å². The van der Waals surface area contributed by atoms with E-state index in [1.807, 2.05) is 12.1 Å². The zero-order valence-corrected chi connectivity index (χ0v) is 21.3. The molecule has 5 rings (SSSR count). The van der Waals surface area contributed by atoms with Gasteiger partial charge in [-0.2, -0.15) is 9.97 Å². The molecule has 4 aromatic rings. The second-order valence-corrected chi connectivity index (χ2v) is 9.42. The van der Waals surface area contributed by atoms with Gasteiger partial charge in [-0.05, 0) is 35.4 Å². The highest BCUT2D eigenvalue weighted by Gasteiger charge is 2.16. The van der Waals surface area contributed by atoms with Crippen molar-refractivity contribution in [3.05, 3.63) is 70.1 Å². The number of piperazine rings is 1. The number of fused-ring (bicyclic) bond motifs is 1. The Morgan fingerprint density at radius 2 is 1.73 bits per heavy atom. The van der Waals surface area contributed by atoms with Crippen molar-refractivity contribution < 1.29 is 9.47 Å². The summed E-state index contributed by atoms with van der Waals surface area (Å²) in [5.74, 6) is 0.167. The molecule has 0 spiro atoms. The van der Waals surface area contributed by atoms with Crippen LogP contribution in [0.4, 0.5) is 5.82 Å². The Balaban J connectivity index is 1.32. The molecule has 0 radical (unpaired) electrons. The number of nitrogens with two attached hydrogens (primary N) is 1. The van der Waals surface area contributed by atoms with Crippen molar-refractivity contribution in [3.63, 3.8) is 0 Å². The Morgan fingerprint density at radius 1 is 0.946 bits per heavy atom. The standard InChI is InChI=1S/C27H33N7O3/c1-32-10-12-33(13-11-32)17-20-4-3-5-22(16-20)21-8-6-19(7-9-21)18-34-25-23(29-27(34)35)24(28)30-26(31-25)37-15-14-36-2/h3-9,16H,10-15,17-18H2,1-2H3,(H,29,35)(H2,28,30,31). The van der Waals surface area contributed by atoms with E-state index in [2.05, 4.69) is 68.2 Å². The monoisotopic (exact) mass is 503 g/mol. The largest absolute Gasteiger partial charge is 0.461 e. The van der Waals surface area contributed by atoms with Crippen LogP contribution in [0.3, 0.4) is 0 Å². The molecule has 1 aliphatic rings. The number of nitrogens with zero attached hydrogens (tertiary/aromatic N) is 5. The molecule has 37 heavy (non-hydrogen) atoms. The first-order valence-corrected chi connectivity index (χ1v) is 12.5. The van der Waals surface area contributed by atoms with E-state index < -0.39 is 0 Å². The maximum atomic E-state index is 12.7. The summed E-state index contributed by atoms with van der Waals surface area (Å²) in [6.07, 6.45) is 0. The van der Waals surface area contributed by atoms with E-state index in [1.165, 1.54) is 11.1 Å². The first-order valence-electron chi connectivity index (χ1n) is 12.5. The molecule has 194 valence electrons. The Labute approximate surface area is 215 Å². The van der Waals surface area contributed by atoms with Crippen LogP contribution >= 0.6 is 0 Å². The Bertz CT molecular complexity index is 1410. The molecular formula is C27H33N7O3. The topological polar surface area (TPSA) is 115 Å². The van der Waals surface area contributed by atoms with Gasteiger partial charge in [0.15, 0.2) is 11.5 Å². The van der Waals surface area contributed by atoms with E-state index in [-0.39, 0.29) is 24.1 Å². The fourth-order valence-electron chi connectivity index (χ4n) is 4.56. The summed E-state index contributed by atoms with van der Waals surface area (Å²) in [5.41, 5.74) is 11.2. The van der Waals surface area contributed by atoms with E-state index in [0.29, 0.717) is 24.3 Å². The van der Waals surface area contributed by atoms with Gasteiger partial charge in [-0.15, -0.1) is 0 Å². The number of aromatic nitrogens is 4. The zero-order valence-electron chi connectivity index (χ0n) is 21.3. The third-order valence-electron chi connectivity index (χ3n) is 6.71. The molecule has 10 nitrogen and oxygen atoms in total. The van der Waals surface area contributed by atoms with Gasteiger partial charge in [0, 0.05) is 39.8 Å². The van der Waals surface area contributed by atoms with Crippen molar-refractivity contribution >= 4 is 17.0 Å². The van der Waals surface area contributed by atoms with Crippen LogP contribution in [0.5, 0.6) is 6.01 Å². The molecule has 3 N–H and O–H groups in total. The Hall–Kier alpha value is -3.73. The number of likely N-dealkylation sites (N-methyl/N-ethyl adjacent to an activating group) is 1. The van der Waals surface area contributed by atoms with Crippen molar-refractivity contribution in [1.82, 2.24) is 29.3 Å². The highest BCUT2D eigenvalue weighted by molar-refractivity contribution is 5.82. The van der Waals surface area contributed by atoms with Gasteiger partial charge in [-0.25, -0.2) is 4.79 Å². The SMILES string of the molecule is COCCOc1nc(N)c2[nH]c(=O)n(Cc3ccc(-c4cccc(CN5CCN(C)CC5)c4)cc3)c2n1. The molecule has 0 unspecified atom stereocenters. The summed E-state index contributed by atoms with van der Waals surface area (Å²) in [7, 11) is 3.76. The minimum atomic E-state index is -0.300. The van der Waals surface area contributed by atoms with Crippen molar-refractivity contribution in [3.8, 4) is 17.1 Å². The number of methoxy groups -OCH3 is 1. The molecule has 2 aromatic heterocycles. The number of imidazole rings is 1. The molecule has 0 aliphatic carbocycles. The lowest BCUT2D eigenvalue weighted by Gasteiger charge is -2.32. The van der Waals surface area contributed by atoms with Gasteiger partial charge in [-0.1, -0.05) is 42.5 Å². The lowest BCUT2D eigenvalue weighted by atomic mass is 10.0. The summed E-state index contributed by atoms with van der Waals surface area (Å²) in [5, 5.41) is 0. The van der Waals surface area contributed by atoms with Crippen LogP contribution in [0.15, 0.2) is 53.3 Å². The number of nitrogen functional groups attached to an aromatic ring is 1. The van der Waals surface area contributed by atoms with Crippen molar-refractivity contribution in [1.29, 1.82) is 0 Å². The summed E-state index contributed by atoms with van der Waals surface area (Å²) in [6, 6.07) is 17.1. The summed E-state index contributed by atoms with van der Waals surface area (Å²) in [6.45, 7) is 6.41. The highest BCUT2D eigenvalue weighted by Crippen LogP contribution is 2.23. The van der Waals surface area contributed by atoms with Gasteiger partial charge in [0.2, 0.25) is 0 Å². The average molecular weight is 504 g/mol. The predicted molar refractivity (Wildman–Crippen MR) is 144 cm³/mol. The average Bonchev–Trinajstić information content (AvgIpc) is 3.22. The van der Waals surface area contributed by atoms with Crippen molar-refractivity contribution in [2.24, 2.45) is 0 Å². The fraction of sp³-hybridized carbons (Fsp3) is 0.370. The van der Waals surface area contributed by atoms with E-state index in [9.17, 15) is 4.79 Å². The van der Waals surface area contributed by atoms with E-state index in [4.69, 9.17) is 15.2 Å². The molecule has 3 heterocycles. The highest BCUT2D eigenvalue weighted by atomic mass is 16.5. The van der Waals surface area contributed by atoms with Crippen LogP contribution in [0.25, 0.3) is 22.3 Å². The number of hydrogen-bond donors (Lipinski definition) is 2. The predicted octanol–water partition coefficient (Wildman–Crippen LogP) is 2.19. The molecular weight excluding hydrogens is 470 g/mol. The number of benzene rings is 2. The molecule has 0 atom stereocenters. The molecule has 0 amide bonds. The molecule has 0 bridgehead atoms. The van der Waals surface area contributed by atoms with Gasteiger partial charge in [0.25, 0.3) is 0 Å². The first kappa shape index (κ1) is 24.9. The van der Waals surface area contributed by atoms with Crippen LogP contribution in [-0.4, -0.2) is 82.9 Å².